The molecule has 0 unspecified atom stereocenters. The molecule has 1 aromatic carbocycles. The Hall–Kier alpha value is -2.37. The second-order valence-corrected chi connectivity index (χ2v) is 4.66. The van der Waals surface area contributed by atoms with Gasteiger partial charge in [-0.1, -0.05) is 19.4 Å². The average molecular weight is 290 g/mol. The molecular formula is C15H18N2O4. The highest BCUT2D eigenvalue weighted by Gasteiger charge is 2.18. The van der Waals surface area contributed by atoms with Gasteiger partial charge in [0.1, 0.15) is 11.1 Å². The quantitative estimate of drug-likeness (QED) is 0.845. The molecule has 0 fully saturated rings. The van der Waals surface area contributed by atoms with Gasteiger partial charge in [-0.3, -0.25) is 9.69 Å². The number of methoxy groups -OCH3 is 1. The summed E-state index contributed by atoms with van der Waals surface area (Å²) < 4.78 is 10.4. The van der Waals surface area contributed by atoms with Crippen LogP contribution in [0.2, 0.25) is 0 Å². The van der Waals surface area contributed by atoms with E-state index in [2.05, 4.69) is 4.98 Å². The summed E-state index contributed by atoms with van der Waals surface area (Å²) in [6, 6.07) is 5.12. The van der Waals surface area contributed by atoms with Crippen LogP contribution >= 0.6 is 0 Å². The van der Waals surface area contributed by atoms with Gasteiger partial charge < -0.3 is 9.15 Å². The number of benzene rings is 1. The summed E-state index contributed by atoms with van der Waals surface area (Å²) in [4.78, 5) is 29.5. The summed E-state index contributed by atoms with van der Waals surface area (Å²) in [5.74, 6) is 0.199. The molecule has 2 rings (SSSR count). The minimum Gasteiger partial charge on any atom is -0.496 e. The van der Waals surface area contributed by atoms with E-state index in [1.54, 1.807) is 18.2 Å². The predicted molar refractivity (Wildman–Crippen MR) is 79.8 cm³/mol. The first-order chi connectivity index (χ1) is 10.1. The first kappa shape index (κ1) is 15.0. The minimum absolute atomic E-state index is 0.0294. The van der Waals surface area contributed by atoms with E-state index in [1.807, 2.05) is 6.92 Å². The Morgan fingerprint density at radius 3 is 2.81 bits per heavy atom. The smallest absolute Gasteiger partial charge is 0.351 e. The molecule has 0 spiro atoms. The molecule has 0 saturated carbocycles. The molecule has 2 aromatic rings. The van der Waals surface area contributed by atoms with E-state index in [-0.39, 0.29) is 17.3 Å². The number of hydrogen-bond acceptors (Lipinski definition) is 5. The van der Waals surface area contributed by atoms with Crippen LogP contribution in [0.25, 0.3) is 10.9 Å². The molecule has 0 aliphatic heterocycles. The highest BCUT2D eigenvalue weighted by atomic mass is 16.5. The van der Waals surface area contributed by atoms with E-state index in [0.29, 0.717) is 17.8 Å². The van der Waals surface area contributed by atoms with Crippen molar-refractivity contribution < 1.29 is 13.9 Å². The lowest BCUT2D eigenvalue weighted by atomic mass is 10.2. The summed E-state index contributed by atoms with van der Waals surface area (Å²) in [6.07, 6.45) is 1.73. The van der Waals surface area contributed by atoms with E-state index < -0.39 is 5.63 Å². The third kappa shape index (κ3) is 3.04. The number of aromatic nitrogens is 1. The van der Waals surface area contributed by atoms with Crippen LogP contribution < -0.4 is 15.3 Å². The van der Waals surface area contributed by atoms with Gasteiger partial charge in [0.25, 0.3) is 0 Å². The Morgan fingerprint density at radius 2 is 2.19 bits per heavy atom. The monoisotopic (exact) mass is 290 g/mol. The van der Waals surface area contributed by atoms with Gasteiger partial charge in [-0.15, -0.1) is 0 Å². The third-order valence-corrected chi connectivity index (χ3v) is 3.17. The van der Waals surface area contributed by atoms with E-state index in [9.17, 15) is 9.59 Å². The van der Waals surface area contributed by atoms with Crippen molar-refractivity contribution in [2.24, 2.45) is 0 Å². The fraction of sp³-hybridized carbons (Fsp3) is 0.400. The molecule has 0 bridgehead atoms. The Balaban J connectivity index is 2.55. The first-order valence-electron chi connectivity index (χ1n) is 6.84. The molecule has 21 heavy (non-hydrogen) atoms. The predicted octanol–water partition coefficient (Wildman–Crippen LogP) is 2.35. The molecule has 0 N–H and O–H groups in total. The molecule has 6 heteroatoms. The van der Waals surface area contributed by atoms with Crippen molar-refractivity contribution in [3.63, 3.8) is 0 Å². The Labute approximate surface area is 122 Å². The zero-order chi connectivity index (χ0) is 15.4. The van der Waals surface area contributed by atoms with Crippen molar-refractivity contribution in [2.75, 3.05) is 18.6 Å². The van der Waals surface area contributed by atoms with Gasteiger partial charge in [-0.25, -0.2) is 4.79 Å². The van der Waals surface area contributed by atoms with Crippen LogP contribution in [0.1, 0.15) is 26.7 Å². The maximum atomic E-state index is 12.2. The van der Waals surface area contributed by atoms with Gasteiger partial charge in [-0.05, 0) is 18.6 Å². The largest absolute Gasteiger partial charge is 0.496 e. The van der Waals surface area contributed by atoms with Crippen LogP contribution in [0, 0.1) is 0 Å². The summed E-state index contributed by atoms with van der Waals surface area (Å²) in [6.45, 7) is 3.91. The van der Waals surface area contributed by atoms with E-state index in [1.165, 1.54) is 18.9 Å². The number of ether oxygens (including phenoxy) is 1. The lowest BCUT2D eigenvalue weighted by Crippen LogP contribution is -2.31. The van der Waals surface area contributed by atoms with E-state index >= 15 is 0 Å². The number of nitrogens with zero attached hydrogens (tertiary/aromatic N) is 2. The number of rotatable bonds is 5. The van der Waals surface area contributed by atoms with Crippen LogP contribution in [-0.4, -0.2) is 24.5 Å². The molecule has 6 nitrogen and oxygen atoms in total. The molecule has 1 heterocycles. The number of carbonyl (C=O) groups excluding carboxylic acids is 1. The van der Waals surface area contributed by atoms with Crippen LogP contribution in [0.4, 0.5) is 6.01 Å². The Kier molecular flexibility index (Phi) is 4.57. The lowest BCUT2D eigenvalue weighted by molar-refractivity contribution is -0.116. The van der Waals surface area contributed by atoms with Gasteiger partial charge in [0, 0.05) is 13.5 Å². The summed E-state index contributed by atoms with van der Waals surface area (Å²) in [5.41, 5.74) is -0.112. The second-order valence-electron chi connectivity index (χ2n) is 4.66. The fourth-order valence-electron chi connectivity index (χ4n) is 2.07. The molecule has 112 valence electrons. The second kappa shape index (κ2) is 6.39. The average Bonchev–Trinajstić information content (AvgIpc) is 2.46. The highest BCUT2D eigenvalue weighted by Crippen LogP contribution is 2.23. The molecule has 0 saturated heterocycles. The maximum absolute atomic E-state index is 12.2. The number of anilines is 1. The Bertz CT molecular complexity index is 708. The van der Waals surface area contributed by atoms with Crippen LogP contribution in [-0.2, 0) is 4.79 Å². The maximum Gasteiger partial charge on any atom is 0.351 e. The Morgan fingerprint density at radius 1 is 1.43 bits per heavy atom. The third-order valence-electron chi connectivity index (χ3n) is 3.17. The minimum atomic E-state index is -0.560. The number of amides is 1. The number of fused-ring (bicyclic) bond motifs is 1. The van der Waals surface area contributed by atoms with Crippen LogP contribution in [0.15, 0.2) is 27.4 Å². The molecule has 0 radical (unpaired) electrons. The topological polar surface area (TPSA) is 72.6 Å². The molecule has 1 amide bonds. The SMILES string of the molecule is CCCCN(C(C)=O)c1nc2cccc(OC)c2c(=O)o1. The van der Waals surface area contributed by atoms with Gasteiger partial charge in [-0.2, -0.15) is 4.98 Å². The molecule has 0 atom stereocenters. The van der Waals surface area contributed by atoms with Gasteiger partial charge >= 0.3 is 11.6 Å². The van der Waals surface area contributed by atoms with E-state index in [4.69, 9.17) is 9.15 Å². The van der Waals surface area contributed by atoms with E-state index in [0.717, 1.165) is 12.8 Å². The molecule has 1 aromatic heterocycles. The standard InChI is InChI=1S/C15H18N2O4/c1-4-5-9-17(10(2)18)15-16-11-7-6-8-12(20-3)13(11)14(19)21-15/h6-8H,4-5,9H2,1-3H3. The van der Waals surface area contributed by atoms with Crippen LogP contribution in [0.3, 0.4) is 0 Å². The summed E-state index contributed by atoms with van der Waals surface area (Å²) >= 11 is 0. The molecule has 0 aliphatic carbocycles. The van der Waals surface area contributed by atoms with Gasteiger partial charge in [0.05, 0.1) is 12.6 Å². The van der Waals surface area contributed by atoms with Crippen molar-refractivity contribution in [1.82, 2.24) is 4.98 Å². The summed E-state index contributed by atoms with van der Waals surface area (Å²) in [5, 5.41) is 0.280. The summed E-state index contributed by atoms with van der Waals surface area (Å²) in [7, 11) is 1.48. The number of hydrogen-bond donors (Lipinski definition) is 0. The normalized spacial score (nSPS) is 10.6. The van der Waals surface area contributed by atoms with Crippen molar-refractivity contribution in [3.05, 3.63) is 28.6 Å². The van der Waals surface area contributed by atoms with Crippen molar-refractivity contribution in [3.8, 4) is 5.75 Å². The molecular weight excluding hydrogens is 272 g/mol. The first-order valence-corrected chi connectivity index (χ1v) is 6.84. The van der Waals surface area contributed by atoms with Crippen LogP contribution in [0.5, 0.6) is 5.75 Å². The molecule has 0 aliphatic rings. The van der Waals surface area contributed by atoms with Crippen molar-refractivity contribution in [1.29, 1.82) is 0 Å². The number of unbranched alkanes of at least 4 members (excludes halogenated alkanes) is 1. The van der Waals surface area contributed by atoms with Gasteiger partial charge in [0.15, 0.2) is 0 Å². The fourth-order valence-corrected chi connectivity index (χ4v) is 2.07. The van der Waals surface area contributed by atoms with Gasteiger partial charge in [0.2, 0.25) is 5.91 Å². The lowest BCUT2D eigenvalue weighted by Gasteiger charge is -2.17. The highest BCUT2D eigenvalue weighted by molar-refractivity contribution is 5.91. The van der Waals surface area contributed by atoms with Crippen molar-refractivity contribution in [2.45, 2.75) is 26.7 Å². The zero-order valence-electron chi connectivity index (χ0n) is 12.4. The zero-order valence-corrected chi connectivity index (χ0v) is 12.4. The number of carbonyl (C=O) groups is 1. The van der Waals surface area contributed by atoms with Crippen molar-refractivity contribution >= 4 is 22.8 Å².